The first-order valence-corrected chi connectivity index (χ1v) is 5.83. The van der Waals surface area contributed by atoms with Crippen molar-refractivity contribution in [1.82, 2.24) is 0 Å². The van der Waals surface area contributed by atoms with Gasteiger partial charge in [-0.05, 0) is 24.3 Å². The predicted octanol–water partition coefficient (Wildman–Crippen LogP) is 3.31. The van der Waals surface area contributed by atoms with Crippen LogP contribution in [0.3, 0.4) is 0 Å². The molecule has 0 bridgehead atoms. The highest BCUT2D eigenvalue weighted by atomic mass is 19.2. The van der Waals surface area contributed by atoms with E-state index in [1.165, 1.54) is 24.3 Å². The van der Waals surface area contributed by atoms with Gasteiger partial charge in [0, 0.05) is 11.8 Å². The maximum Gasteiger partial charge on any atom is 0.337 e. The molecule has 2 amide bonds. The SMILES string of the molecule is O=C(Nc1ccc(F)c(F)c1)Nc1ccccc1C(=O)O. The summed E-state index contributed by atoms with van der Waals surface area (Å²) in [5, 5.41) is 13.6. The zero-order chi connectivity index (χ0) is 15.4. The lowest BCUT2D eigenvalue weighted by molar-refractivity contribution is 0.0698. The summed E-state index contributed by atoms with van der Waals surface area (Å²) in [7, 11) is 0. The lowest BCUT2D eigenvalue weighted by atomic mass is 10.2. The summed E-state index contributed by atoms with van der Waals surface area (Å²) in [5.74, 6) is -3.32. The molecule has 0 aliphatic rings. The second-order valence-corrected chi connectivity index (χ2v) is 4.06. The normalized spacial score (nSPS) is 10.0. The monoisotopic (exact) mass is 292 g/mol. The van der Waals surface area contributed by atoms with Crippen molar-refractivity contribution in [3.8, 4) is 0 Å². The second-order valence-electron chi connectivity index (χ2n) is 4.06. The van der Waals surface area contributed by atoms with Crippen molar-refractivity contribution in [3.63, 3.8) is 0 Å². The molecule has 3 N–H and O–H groups in total. The first-order chi connectivity index (χ1) is 9.97. The van der Waals surface area contributed by atoms with Crippen LogP contribution in [-0.4, -0.2) is 17.1 Å². The van der Waals surface area contributed by atoms with Crippen molar-refractivity contribution in [2.75, 3.05) is 10.6 Å². The molecule has 2 rings (SSSR count). The largest absolute Gasteiger partial charge is 0.478 e. The summed E-state index contributed by atoms with van der Waals surface area (Å²) in [6, 6.07) is 7.91. The molecule has 0 saturated carbocycles. The Morgan fingerprint density at radius 3 is 2.33 bits per heavy atom. The van der Waals surface area contributed by atoms with Crippen LogP contribution >= 0.6 is 0 Å². The first-order valence-electron chi connectivity index (χ1n) is 5.83. The molecule has 108 valence electrons. The topological polar surface area (TPSA) is 78.4 Å². The summed E-state index contributed by atoms with van der Waals surface area (Å²) in [6.07, 6.45) is 0. The van der Waals surface area contributed by atoms with E-state index in [4.69, 9.17) is 5.11 Å². The van der Waals surface area contributed by atoms with Crippen molar-refractivity contribution in [3.05, 3.63) is 59.7 Å². The summed E-state index contributed by atoms with van der Waals surface area (Å²) in [6.45, 7) is 0. The number of urea groups is 1. The molecular formula is C14H10F2N2O3. The smallest absolute Gasteiger partial charge is 0.337 e. The molecule has 5 nitrogen and oxygen atoms in total. The molecule has 2 aromatic carbocycles. The molecule has 0 spiro atoms. The Labute approximate surface area is 118 Å². The van der Waals surface area contributed by atoms with E-state index < -0.39 is 23.6 Å². The van der Waals surface area contributed by atoms with Crippen LogP contribution in [0.5, 0.6) is 0 Å². The Hall–Kier alpha value is -2.96. The Morgan fingerprint density at radius 1 is 0.952 bits per heavy atom. The number of rotatable bonds is 3. The number of hydrogen-bond donors (Lipinski definition) is 3. The van der Waals surface area contributed by atoms with E-state index in [1.807, 2.05) is 0 Å². The van der Waals surface area contributed by atoms with Gasteiger partial charge in [-0.1, -0.05) is 12.1 Å². The fraction of sp³-hybridized carbons (Fsp3) is 0. The van der Waals surface area contributed by atoms with E-state index in [0.29, 0.717) is 0 Å². The maximum atomic E-state index is 13.0. The quantitative estimate of drug-likeness (QED) is 0.812. The average Bonchev–Trinajstić information content (AvgIpc) is 2.43. The van der Waals surface area contributed by atoms with Gasteiger partial charge < -0.3 is 15.7 Å². The molecule has 0 heterocycles. The van der Waals surface area contributed by atoms with Gasteiger partial charge in [0.15, 0.2) is 11.6 Å². The third-order valence-electron chi connectivity index (χ3n) is 2.58. The van der Waals surface area contributed by atoms with Gasteiger partial charge in [-0.3, -0.25) is 0 Å². The lowest BCUT2D eigenvalue weighted by Crippen LogP contribution is -2.21. The van der Waals surface area contributed by atoms with Crippen molar-refractivity contribution in [2.45, 2.75) is 0 Å². The van der Waals surface area contributed by atoms with Gasteiger partial charge >= 0.3 is 12.0 Å². The van der Waals surface area contributed by atoms with Crippen molar-refractivity contribution in [2.24, 2.45) is 0 Å². The number of carbonyl (C=O) groups excluding carboxylic acids is 1. The minimum Gasteiger partial charge on any atom is -0.478 e. The molecule has 2 aromatic rings. The average molecular weight is 292 g/mol. The molecule has 0 aliphatic carbocycles. The third kappa shape index (κ3) is 3.53. The van der Waals surface area contributed by atoms with E-state index in [9.17, 15) is 18.4 Å². The van der Waals surface area contributed by atoms with Crippen molar-refractivity contribution in [1.29, 1.82) is 0 Å². The van der Waals surface area contributed by atoms with Gasteiger partial charge in [-0.15, -0.1) is 0 Å². The summed E-state index contributed by atoms with van der Waals surface area (Å²) in [4.78, 5) is 22.7. The first kappa shape index (κ1) is 14.4. The molecule has 0 fully saturated rings. The highest BCUT2D eigenvalue weighted by molar-refractivity contribution is 6.04. The van der Waals surface area contributed by atoms with Gasteiger partial charge in [-0.25, -0.2) is 18.4 Å². The van der Waals surface area contributed by atoms with Gasteiger partial charge in [0.05, 0.1) is 11.3 Å². The number of benzene rings is 2. The number of hydrogen-bond acceptors (Lipinski definition) is 2. The summed E-state index contributed by atoms with van der Waals surface area (Å²) in [5.41, 5.74) is 0.0437. The number of nitrogens with one attached hydrogen (secondary N) is 2. The van der Waals surface area contributed by atoms with Crippen LogP contribution in [0.4, 0.5) is 25.0 Å². The molecular weight excluding hydrogens is 282 g/mol. The number of aromatic carboxylic acids is 1. The second kappa shape index (κ2) is 6.00. The van der Waals surface area contributed by atoms with Gasteiger partial charge in [0.2, 0.25) is 0 Å². The van der Waals surface area contributed by atoms with Crippen molar-refractivity contribution < 1.29 is 23.5 Å². The third-order valence-corrected chi connectivity index (χ3v) is 2.58. The highest BCUT2D eigenvalue weighted by Gasteiger charge is 2.12. The number of carboxylic acid groups (broad SMARTS) is 1. The van der Waals surface area contributed by atoms with Crippen molar-refractivity contribution >= 4 is 23.4 Å². The Bertz CT molecular complexity index is 704. The van der Waals surface area contributed by atoms with E-state index in [1.54, 1.807) is 6.07 Å². The molecule has 0 saturated heterocycles. The molecule has 0 aromatic heterocycles. The number of para-hydroxylation sites is 1. The molecule has 0 radical (unpaired) electrons. The molecule has 0 atom stereocenters. The fourth-order valence-electron chi connectivity index (χ4n) is 1.64. The summed E-state index contributed by atoms with van der Waals surface area (Å²) >= 11 is 0. The molecule has 0 unspecified atom stereocenters. The van der Waals surface area contributed by atoms with E-state index in [0.717, 1.165) is 12.1 Å². The number of halogens is 2. The van der Waals surface area contributed by atoms with Crippen LogP contribution in [0, 0.1) is 11.6 Å². The van der Waals surface area contributed by atoms with E-state index >= 15 is 0 Å². The van der Waals surface area contributed by atoms with Crippen LogP contribution in [0.1, 0.15) is 10.4 Å². The number of amides is 2. The number of anilines is 2. The van der Waals surface area contributed by atoms with E-state index in [2.05, 4.69) is 10.6 Å². The fourth-order valence-corrected chi connectivity index (χ4v) is 1.64. The number of carboxylic acids is 1. The summed E-state index contributed by atoms with van der Waals surface area (Å²) < 4.78 is 25.8. The highest BCUT2D eigenvalue weighted by Crippen LogP contribution is 2.17. The molecule has 21 heavy (non-hydrogen) atoms. The standard InChI is InChI=1S/C14H10F2N2O3/c15-10-6-5-8(7-11(10)16)17-14(21)18-12-4-2-1-3-9(12)13(19)20/h1-7H,(H,19,20)(H2,17,18,21). The zero-order valence-corrected chi connectivity index (χ0v) is 10.6. The van der Waals surface area contributed by atoms with Gasteiger partial charge in [0.1, 0.15) is 0 Å². The van der Waals surface area contributed by atoms with Crippen LogP contribution in [0.15, 0.2) is 42.5 Å². The lowest BCUT2D eigenvalue weighted by Gasteiger charge is -2.10. The number of carbonyl (C=O) groups is 2. The van der Waals surface area contributed by atoms with Gasteiger partial charge in [-0.2, -0.15) is 0 Å². The van der Waals surface area contributed by atoms with Crippen LogP contribution in [0.25, 0.3) is 0 Å². The van der Waals surface area contributed by atoms with Gasteiger partial charge in [0.25, 0.3) is 0 Å². The maximum absolute atomic E-state index is 13.0. The van der Waals surface area contributed by atoms with Crippen LogP contribution in [-0.2, 0) is 0 Å². The Balaban J connectivity index is 2.12. The minimum absolute atomic E-state index is 0.0409. The zero-order valence-electron chi connectivity index (χ0n) is 10.6. The molecule has 0 aliphatic heterocycles. The van der Waals surface area contributed by atoms with Crippen LogP contribution < -0.4 is 10.6 Å². The Morgan fingerprint density at radius 2 is 1.67 bits per heavy atom. The Kier molecular flexibility index (Phi) is 4.13. The minimum atomic E-state index is -1.20. The predicted molar refractivity (Wildman–Crippen MR) is 72.4 cm³/mol. The molecule has 7 heteroatoms. The van der Waals surface area contributed by atoms with E-state index in [-0.39, 0.29) is 16.9 Å². The van der Waals surface area contributed by atoms with Crippen LogP contribution in [0.2, 0.25) is 0 Å².